The predicted octanol–water partition coefficient (Wildman–Crippen LogP) is 3.43. The highest BCUT2D eigenvalue weighted by molar-refractivity contribution is 5.96. The van der Waals surface area contributed by atoms with Gasteiger partial charge in [-0.2, -0.15) is 0 Å². The van der Waals surface area contributed by atoms with Crippen molar-refractivity contribution < 1.29 is 19.2 Å². The number of hydrogen-bond donors (Lipinski definition) is 1. The van der Waals surface area contributed by atoms with Crippen LogP contribution in [0.1, 0.15) is 24.5 Å². The molecule has 1 heterocycles. The number of methoxy groups -OCH3 is 1. The monoisotopic (exact) mass is 413 g/mol. The van der Waals surface area contributed by atoms with Crippen molar-refractivity contribution in [1.82, 2.24) is 4.90 Å². The number of rotatable bonds is 10. The molecule has 0 fully saturated rings. The molecule has 0 unspecified atom stereocenters. The molecule has 2 aromatic rings. The maximum absolute atomic E-state index is 11.7. The zero-order chi connectivity index (χ0) is 21.5. The summed E-state index contributed by atoms with van der Waals surface area (Å²) in [5.41, 5.74) is 2.86. The van der Waals surface area contributed by atoms with Crippen LogP contribution in [0.15, 0.2) is 36.4 Å². The highest BCUT2D eigenvalue weighted by Crippen LogP contribution is 2.38. The van der Waals surface area contributed by atoms with Gasteiger partial charge in [-0.3, -0.25) is 19.8 Å². The van der Waals surface area contributed by atoms with Crippen molar-refractivity contribution in [2.45, 2.75) is 26.2 Å². The number of carbonyl (C=O) groups excluding carboxylic acids is 1. The zero-order valence-electron chi connectivity index (χ0n) is 17.3. The van der Waals surface area contributed by atoms with Crippen molar-refractivity contribution in [2.24, 2.45) is 0 Å². The summed E-state index contributed by atoms with van der Waals surface area (Å²) in [5, 5.41) is 13.6. The second-order valence-corrected chi connectivity index (χ2v) is 7.12. The molecule has 0 bridgehead atoms. The third-order valence-electron chi connectivity index (χ3n) is 5.29. The van der Waals surface area contributed by atoms with Crippen LogP contribution in [0.4, 0.5) is 11.4 Å². The average molecular weight is 413 g/mol. The van der Waals surface area contributed by atoms with Crippen LogP contribution in [0.25, 0.3) is 0 Å². The van der Waals surface area contributed by atoms with Crippen LogP contribution in [-0.4, -0.2) is 49.1 Å². The Hall–Kier alpha value is -3.13. The van der Waals surface area contributed by atoms with E-state index in [0.29, 0.717) is 30.9 Å². The number of nitro groups is 1. The molecule has 0 radical (unpaired) electrons. The fourth-order valence-corrected chi connectivity index (χ4v) is 3.52. The molecule has 0 saturated carbocycles. The minimum atomic E-state index is -0.386. The van der Waals surface area contributed by atoms with Gasteiger partial charge in [-0.25, -0.2) is 0 Å². The minimum absolute atomic E-state index is 0.0126. The molecule has 0 spiro atoms. The highest BCUT2D eigenvalue weighted by Gasteiger charge is 2.22. The number of ether oxygens (including phenoxy) is 2. The topological polar surface area (TPSA) is 93.9 Å². The van der Waals surface area contributed by atoms with E-state index in [1.54, 1.807) is 31.4 Å². The van der Waals surface area contributed by atoms with Crippen LogP contribution in [0, 0.1) is 10.1 Å². The summed E-state index contributed by atoms with van der Waals surface area (Å²) in [7, 11) is 1.58. The fraction of sp³-hybridized carbons (Fsp3) is 0.409. The number of benzene rings is 2. The second kappa shape index (κ2) is 10.1. The Labute approximate surface area is 175 Å². The van der Waals surface area contributed by atoms with Crippen LogP contribution in [0.5, 0.6) is 11.5 Å². The molecule has 0 saturated heterocycles. The summed E-state index contributed by atoms with van der Waals surface area (Å²) in [6.45, 7) is 5.11. The Kier molecular flexibility index (Phi) is 7.24. The van der Waals surface area contributed by atoms with E-state index < -0.39 is 0 Å². The molecule has 1 amide bonds. The van der Waals surface area contributed by atoms with Gasteiger partial charge in [0.05, 0.1) is 17.7 Å². The van der Waals surface area contributed by atoms with Gasteiger partial charge in [0.25, 0.3) is 5.69 Å². The Morgan fingerprint density at radius 3 is 2.50 bits per heavy atom. The van der Waals surface area contributed by atoms with E-state index >= 15 is 0 Å². The molecule has 0 aromatic heterocycles. The van der Waals surface area contributed by atoms with Crippen LogP contribution >= 0.6 is 0 Å². The first-order valence-corrected chi connectivity index (χ1v) is 10.1. The van der Waals surface area contributed by atoms with Gasteiger partial charge in [-0.15, -0.1) is 0 Å². The number of anilines is 1. The lowest BCUT2D eigenvalue weighted by Crippen LogP contribution is -2.30. The number of amides is 1. The molecule has 1 aliphatic heterocycles. The zero-order valence-corrected chi connectivity index (χ0v) is 17.3. The van der Waals surface area contributed by atoms with Gasteiger partial charge in [-0.1, -0.05) is 19.1 Å². The predicted molar refractivity (Wildman–Crippen MR) is 114 cm³/mol. The van der Waals surface area contributed by atoms with Crippen molar-refractivity contribution >= 4 is 17.3 Å². The van der Waals surface area contributed by atoms with E-state index in [2.05, 4.69) is 17.1 Å². The van der Waals surface area contributed by atoms with Crippen molar-refractivity contribution in [3.8, 4) is 11.5 Å². The van der Waals surface area contributed by atoms with Crippen molar-refractivity contribution in [3.05, 3.63) is 57.6 Å². The molecule has 0 aliphatic carbocycles. The quantitative estimate of drug-likeness (QED) is 0.474. The summed E-state index contributed by atoms with van der Waals surface area (Å²) >= 11 is 0. The Morgan fingerprint density at radius 2 is 1.83 bits per heavy atom. The second-order valence-electron chi connectivity index (χ2n) is 7.12. The number of likely N-dealkylation sites (N-methyl/N-ethyl adjacent to an activating group) is 1. The molecular weight excluding hydrogens is 386 g/mol. The van der Waals surface area contributed by atoms with Gasteiger partial charge < -0.3 is 14.8 Å². The summed E-state index contributed by atoms with van der Waals surface area (Å²) in [6.07, 6.45) is 1.88. The number of fused-ring (bicyclic) bond motifs is 1. The van der Waals surface area contributed by atoms with Crippen molar-refractivity contribution in [1.29, 1.82) is 0 Å². The lowest BCUT2D eigenvalue weighted by molar-refractivity contribution is -0.384. The molecule has 0 atom stereocenters. The molecule has 8 heteroatoms. The van der Waals surface area contributed by atoms with Crippen molar-refractivity contribution in [2.75, 3.05) is 38.7 Å². The maximum atomic E-state index is 11.7. The Balaban J connectivity index is 1.54. The third kappa shape index (κ3) is 5.27. The molecule has 8 nitrogen and oxygen atoms in total. The highest BCUT2D eigenvalue weighted by atomic mass is 16.6. The Bertz CT molecular complexity index is 898. The first-order valence-electron chi connectivity index (χ1n) is 10.1. The van der Waals surface area contributed by atoms with E-state index in [1.807, 2.05) is 12.1 Å². The molecule has 30 heavy (non-hydrogen) atoms. The number of hydrogen-bond acceptors (Lipinski definition) is 6. The normalized spacial score (nSPS) is 13.0. The van der Waals surface area contributed by atoms with Gasteiger partial charge in [0.2, 0.25) is 5.91 Å². The van der Waals surface area contributed by atoms with Gasteiger partial charge in [0, 0.05) is 37.2 Å². The third-order valence-corrected chi connectivity index (χ3v) is 5.29. The van der Waals surface area contributed by atoms with Gasteiger partial charge in [-0.05, 0) is 37.1 Å². The molecule has 2 aromatic carbocycles. The first kappa shape index (κ1) is 21.6. The van der Waals surface area contributed by atoms with Crippen LogP contribution in [-0.2, 0) is 17.6 Å². The van der Waals surface area contributed by atoms with Gasteiger partial charge in [0.15, 0.2) is 0 Å². The van der Waals surface area contributed by atoms with E-state index in [0.717, 1.165) is 42.9 Å². The van der Waals surface area contributed by atoms with E-state index in [-0.39, 0.29) is 16.5 Å². The lowest BCUT2D eigenvalue weighted by Gasteiger charge is -2.24. The van der Waals surface area contributed by atoms with Crippen molar-refractivity contribution in [3.63, 3.8) is 0 Å². The molecule has 1 N–H and O–H groups in total. The van der Waals surface area contributed by atoms with Crippen LogP contribution in [0.2, 0.25) is 0 Å². The number of non-ortho nitro benzene ring substituents is 1. The molecule has 3 rings (SSSR count). The van der Waals surface area contributed by atoms with Gasteiger partial charge in [0.1, 0.15) is 18.1 Å². The minimum Gasteiger partial charge on any atom is -0.495 e. The standard InChI is InChI=1S/C22H27N3O5/c1-3-24(13-12-16-4-6-17(7-5-16)25(27)28)14-15-30-19-9-10-20(29-2)22-18(19)8-11-21(26)23-22/h4-7,9-10H,3,8,11-15H2,1-2H3,(H,23,26). The van der Waals surface area contributed by atoms with E-state index in [1.165, 1.54) is 0 Å². The molecular formula is C22H27N3O5. The maximum Gasteiger partial charge on any atom is 0.269 e. The summed E-state index contributed by atoms with van der Waals surface area (Å²) in [5.74, 6) is 1.40. The smallest absolute Gasteiger partial charge is 0.269 e. The van der Waals surface area contributed by atoms with E-state index in [9.17, 15) is 14.9 Å². The van der Waals surface area contributed by atoms with Gasteiger partial charge >= 0.3 is 0 Å². The Morgan fingerprint density at radius 1 is 1.10 bits per heavy atom. The number of nitrogens with one attached hydrogen (secondary N) is 1. The largest absolute Gasteiger partial charge is 0.495 e. The SMILES string of the molecule is CCN(CCOc1ccc(OC)c2c1CCC(=O)N2)CCc1ccc([N+](=O)[O-])cc1. The van der Waals surface area contributed by atoms with E-state index in [4.69, 9.17) is 9.47 Å². The number of carbonyl (C=O) groups is 1. The van der Waals surface area contributed by atoms with Crippen LogP contribution in [0.3, 0.4) is 0 Å². The summed E-state index contributed by atoms with van der Waals surface area (Å²) in [4.78, 5) is 24.4. The average Bonchev–Trinajstić information content (AvgIpc) is 2.76. The molecule has 160 valence electrons. The van der Waals surface area contributed by atoms with Crippen LogP contribution < -0.4 is 14.8 Å². The number of nitro benzene ring substituents is 1. The fourth-order valence-electron chi connectivity index (χ4n) is 3.52. The first-order chi connectivity index (χ1) is 14.5. The summed E-state index contributed by atoms with van der Waals surface area (Å²) < 4.78 is 11.4. The number of nitrogens with zero attached hydrogens (tertiary/aromatic N) is 2. The summed E-state index contributed by atoms with van der Waals surface area (Å²) in [6, 6.07) is 10.4. The molecule has 1 aliphatic rings. The lowest BCUT2D eigenvalue weighted by atomic mass is 10.0.